The molecule has 3 heteroatoms. The molecule has 0 spiro atoms. The summed E-state index contributed by atoms with van der Waals surface area (Å²) in [7, 11) is 0. The molecule has 0 unspecified atom stereocenters. The smallest absolute Gasteiger partial charge is 0.123 e. The summed E-state index contributed by atoms with van der Waals surface area (Å²) in [5.74, 6) is 0.967. The highest BCUT2D eigenvalue weighted by atomic mass is 32.2. The first kappa shape index (κ1) is 12.7. The quantitative estimate of drug-likeness (QED) is 0.499. The zero-order valence-corrected chi connectivity index (χ0v) is 11.1. The molecule has 0 amide bonds. The normalized spacial score (nSPS) is 10.3. The number of benzene rings is 2. The second kappa shape index (κ2) is 5.74. The SMILES string of the molecule is Cc1ccc(SCc2ccccc2C(=N)N)cc1. The highest BCUT2D eigenvalue weighted by molar-refractivity contribution is 7.98. The Balaban J connectivity index is 2.10. The molecule has 0 saturated heterocycles. The second-order valence-corrected chi connectivity index (χ2v) is 5.22. The van der Waals surface area contributed by atoms with Crippen molar-refractivity contribution in [3.8, 4) is 0 Å². The molecule has 0 radical (unpaired) electrons. The van der Waals surface area contributed by atoms with Crippen molar-refractivity contribution in [3.05, 3.63) is 65.2 Å². The van der Waals surface area contributed by atoms with Gasteiger partial charge in [0, 0.05) is 16.2 Å². The fraction of sp³-hybridized carbons (Fsp3) is 0.133. The van der Waals surface area contributed by atoms with Crippen molar-refractivity contribution in [1.29, 1.82) is 5.41 Å². The maximum atomic E-state index is 7.56. The average Bonchev–Trinajstić information content (AvgIpc) is 2.38. The Morgan fingerprint density at radius 2 is 1.78 bits per heavy atom. The van der Waals surface area contributed by atoms with E-state index in [1.807, 2.05) is 24.3 Å². The molecule has 0 aliphatic rings. The van der Waals surface area contributed by atoms with Gasteiger partial charge in [-0.25, -0.2) is 0 Å². The Labute approximate surface area is 112 Å². The van der Waals surface area contributed by atoms with Crippen LogP contribution in [0, 0.1) is 12.3 Å². The lowest BCUT2D eigenvalue weighted by Crippen LogP contribution is -2.13. The lowest BCUT2D eigenvalue weighted by atomic mass is 10.1. The number of rotatable bonds is 4. The van der Waals surface area contributed by atoms with Crippen LogP contribution >= 0.6 is 11.8 Å². The number of aryl methyl sites for hydroxylation is 1. The highest BCUT2D eigenvalue weighted by Gasteiger charge is 2.04. The summed E-state index contributed by atoms with van der Waals surface area (Å²) < 4.78 is 0. The first-order valence-electron chi connectivity index (χ1n) is 5.78. The van der Waals surface area contributed by atoms with Crippen LogP contribution in [-0.2, 0) is 5.75 Å². The van der Waals surface area contributed by atoms with Crippen LogP contribution in [0.4, 0.5) is 0 Å². The van der Waals surface area contributed by atoms with E-state index in [1.54, 1.807) is 11.8 Å². The fourth-order valence-corrected chi connectivity index (χ4v) is 2.61. The molecule has 2 rings (SSSR count). The van der Waals surface area contributed by atoms with Crippen LogP contribution in [0.25, 0.3) is 0 Å². The molecule has 2 nitrogen and oxygen atoms in total. The van der Waals surface area contributed by atoms with E-state index in [9.17, 15) is 0 Å². The average molecular weight is 256 g/mol. The Bertz CT molecular complexity index is 547. The zero-order chi connectivity index (χ0) is 13.0. The highest BCUT2D eigenvalue weighted by Crippen LogP contribution is 2.24. The fourth-order valence-electron chi connectivity index (χ4n) is 1.70. The predicted molar refractivity (Wildman–Crippen MR) is 78.2 cm³/mol. The summed E-state index contributed by atoms with van der Waals surface area (Å²) in [5, 5.41) is 7.56. The Morgan fingerprint density at radius 3 is 2.44 bits per heavy atom. The van der Waals surface area contributed by atoms with Crippen molar-refractivity contribution in [2.75, 3.05) is 0 Å². The zero-order valence-electron chi connectivity index (χ0n) is 10.3. The first-order chi connectivity index (χ1) is 8.66. The standard InChI is InChI=1S/C15H16N2S/c1-11-6-8-13(9-7-11)18-10-12-4-2-3-5-14(12)15(16)17/h2-9H,10H2,1H3,(H3,16,17). The number of nitrogen functional groups attached to an aromatic ring is 1. The lowest BCUT2D eigenvalue weighted by molar-refractivity contribution is 1.32. The number of thioether (sulfide) groups is 1. The molecule has 18 heavy (non-hydrogen) atoms. The molecule has 0 fully saturated rings. The van der Waals surface area contributed by atoms with Gasteiger partial charge in [-0.2, -0.15) is 0 Å². The van der Waals surface area contributed by atoms with Crippen molar-refractivity contribution in [2.45, 2.75) is 17.6 Å². The molecule has 92 valence electrons. The minimum Gasteiger partial charge on any atom is -0.384 e. The van der Waals surface area contributed by atoms with Gasteiger partial charge in [-0.1, -0.05) is 42.0 Å². The molecule has 0 aromatic heterocycles. The van der Waals surface area contributed by atoms with Gasteiger partial charge in [-0.15, -0.1) is 11.8 Å². The number of nitrogens with one attached hydrogen (secondary N) is 1. The van der Waals surface area contributed by atoms with Gasteiger partial charge in [0.25, 0.3) is 0 Å². The molecule has 0 atom stereocenters. The van der Waals surface area contributed by atoms with Crippen molar-refractivity contribution >= 4 is 17.6 Å². The number of hydrogen-bond acceptors (Lipinski definition) is 2. The van der Waals surface area contributed by atoms with E-state index < -0.39 is 0 Å². The molecular formula is C15H16N2S. The minimum atomic E-state index is 0.134. The molecule has 0 aliphatic heterocycles. The van der Waals surface area contributed by atoms with E-state index >= 15 is 0 Å². The molecular weight excluding hydrogens is 240 g/mol. The summed E-state index contributed by atoms with van der Waals surface area (Å²) in [6, 6.07) is 16.3. The van der Waals surface area contributed by atoms with Gasteiger partial charge >= 0.3 is 0 Å². The van der Waals surface area contributed by atoms with Gasteiger partial charge in [0.05, 0.1) is 0 Å². The van der Waals surface area contributed by atoms with E-state index in [2.05, 4.69) is 31.2 Å². The topological polar surface area (TPSA) is 49.9 Å². The molecule has 2 aromatic rings. The largest absolute Gasteiger partial charge is 0.384 e. The summed E-state index contributed by atoms with van der Waals surface area (Å²) in [6.07, 6.45) is 0. The summed E-state index contributed by atoms with van der Waals surface area (Å²) >= 11 is 1.76. The van der Waals surface area contributed by atoms with Crippen molar-refractivity contribution in [3.63, 3.8) is 0 Å². The predicted octanol–water partition coefficient (Wildman–Crippen LogP) is 3.57. The van der Waals surface area contributed by atoms with Gasteiger partial charge in [-0.05, 0) is 24.6 Å². The molecule has 3 N–H and O–H groups in total. The lowest BCUT2D eigenvalue weighted by Gasteiger charge is -2.07. The van der Waals surface area contributed by atoms with Crippen LogP contribution in [0.1, 0.15) is 16.7 Å². The van der Waals surface area contributed by atoms with Crippen molar-refractivity contribution in [1.82, 2.24) is 0 Å². The van der Waals surface area contributed by atoms with Crippen LogP contribution in [0.15, 0.2) is 53.4 Å². The molecule has 0 aliphatic carbocycles. The summed E-state index contributed by atoms with van der Waals surface area (Å²) in [5.41, 5.74) is 8.78. The minimum absolute atomic E-state index is 0.134. The monoisotopic (exact) mass is 256 g/mol. The molecule has 0 heterocycles. The Hall–Kier alpha value is -1.74. The summed E-state index contributed by atoms with van der Waals surface area (Å²) in [4.78, 5) is 1.24. The van der Waals surface area contributed by atoms with Crippen molar-refractivity contribution in [2.24, 2.45) is 5.73 Å². The van der Waals surface area contributed by atoms with Gasteiger partial charge < -0.3 is 5.73 Å². The number of nitrogens with two attached hydrogens (primary N) is 1. The maximum absolute atomic E-state index is 7.56. The Kier molecular flexibility index (Phi) is 4.05. The van der Waals surface area contributed by atoms with Gasteiger partial charge in [0.15, 0.2) is 0 Å². The van der Waals surface area contributed by atoms with E-state index in [4.69, 9.17) is 11.1 Å². The molecule has 0 bridgehead atoms. The van der Waals surface area contributed by atoms with Crippen LogP contribution in [0.3, 0.4) is 0 Å². The van der Waals surface area contributed by atoms with Gasteiger partial charge in [0.1, 0.15) is 5.84 Å². The van der Waals surface area contributed by atoms with Crippen LogP contribution in [0.2, 0.25) is 0 Å². The molecule has 0 saturated carbocycles. The van der Waals surface area contributed by atoms with Gasteiger partial charge in [-0.3, -0.25) is 5.41 Å². The van der Waals surface area contributed by atoms with E-state index in [1.165, 1.54) is 10.5 Å². The van der Waals surface area contributed by atoms with Crippen LogP contribution < -0.4 is 5.73 Å². The molecule has 2 aromatic carbocycles. The third kappa shape index (κ3) is 3.14. The summed E-state index contributed by atoms with van der Waals surface area (Å²) in [6.45, 7) is 2.08. The third-order valence-corrected chi connectivity index (χ3v) is 3.78. The van der Waals surface area contributed by atoms with E-state index in [0.29, 0.717) is 0 Å². The number of hydrogen-bond donors (Lipinski definition) is 2. The maximum Gasteiger partial charge on any atom is 0.123 e. The van der Waals surface area contributed by atoms with Crippen LogP contribution in [-0.4, -0.2) is 5.84 Å². The first-order valence-corrected chi connectivity index (χ1v) is 6.77. The van der Waals surface area contributed by atoms with E-state index in [-0.39, 0.29) is 5.84 Å². The third-order valence-electron chi connectivity index (χ3n) is 2.72. The van der Waals surface area contributed by atoms with Crippen molar-refractivity contribution < 1.29 is 0 Å². The number of amidine groups is 1. The van der Waals surface area contributed by atoms with E-state index in [0.717, 1.165) is 16.9 Å². The van der Waals surface area contributed by atoms with Crippen LogP contribution in [0.5, 0.6) is 0 Å². The van der Waals surface area contributed by atoms with Gasteiger partial charge in [0.2, 0.25) is 0 Å². The second-order valence-electron chi connectivity index (χ2n) is 4.17. The Morgan fingerprint density at radius 1 is 1.11 bits per heavy atom.